The van der Waals surface area contributed by atoms with E-state index in [2.05, 4.69) is 208 Å². The molecule has 0 saturated heterocycles. The van der Waals surface area contributed by atoms with Crippen LogP contribution in [0.3, 0.4) is 0 Å². The summed E-state index contributed by atoms with van der Waals surface area (Å²) >= 11 is 0. The largest absolute Gasteiger partial charge is 0.472 e. The molecule has 1 N–H and O–H groups in total. The number of unbranched alkanes of at least 4 members (excludes halogenated alkanes) is 14. The van der Waals surface area contributed by atoms with Gasteiger partial charge in [-0.2, -0.15) is 0 Å². The molecular formula is C78H125NO8P+. The first kappa shape index (κ1) is 82.8. The lowest BCUT2D eigenvalue weighted by Gasteiger charge is -2.24. The van der Waals surface area contributed by atoms with E-state index in [0.717, 1.165) is 154 Å². The molecule has 0 aromatic carbocycles. The van der Waals surface area contributed by atoms with Crippen LogP contribution in [0.4, 0.5) is 0 Å². The predicted octanol–water partition coefficient (Wildman–Crippen LogP) is 22.5. The minimum Gasteiger partial charge on any atom is -0.462 e. The summed E-state index contributed by atoms with van der Waals surface area (Å²) in [6.45, 7) is 4.14. The first-order chi connectivity index (χ1) is 43.0. The first-order valence-corrected chi connectivity index (χ1v) is 35.7. The van der Waals surface area contributed by atoms with Gasteiger partial charge in [-0.1, -0.05) is 272 Å². The number of carbonyl (C=O) groups is 2. The number of ether oxygens (including phenoxy) is 2. The van der Waals surface area contributed by atoms with Crippen molar-refractivity contribution in [1.82, 2.24) is 0 Å². The summed E-state index contributed by atoms with van der Waals surface area (Å²) in [5.41, 5.74) is 0. The number of carbonyl (C=O) groups excluding carboxylic acids is 2. The van der Waals surface area contributed by atoms with Crippen molar-refractivity contribution in [3.8, 4) is 0 Å². The molecule has 0 amide bonds. The van der Waals surface area contributed by atoms with Gasteiger partial charge in [0.25, 0.3) is 0 Å². The van der Waals surface area contributed by atoms with Gasteiger partial charge in [-0.05, 0) is 141 Å². The second-order valence-corrected chi connectivity index (χ2v) is 24.5. The molecule has 0 spiro atoms. The van der Waals surface area contributed by atoms with Crippen LogP contribution in [-0.2, 0) is 32.7 Å². The van der Waals surface area contributed by atoms with Crippen molar-refractivity contribution in [2.24, 2.45) is 0 Å². The Kier molecular flexibility index (Phi) is 62.4. The van der Waals surface area contributed by atoms with Gasteiger partial charge in [0.05, 0.1) is 27.7 Å². The monoisotopic (exact) mass is 1230 g/mol. The Morgan fingerprint density at radius 2 is 0.614 bits per heavy atom. The molecule has 88 heavy (non-hydrogen) atoms. The molecule has 0 aliphatic rings. The molecule has 494 valence electrons. The summed E-state index contributed by atoms with van der Waals surface area (Å²) < 4.78 is 34.6. The van der Waals surface area contributed by atoms with E-state index in [1.54, 1.807) is 0 Å². The zero-order valence-electron chi connectivity index (χ0n) is 56.1. The van der Waals surface area contributed by atoms with Crippen LogP contribution in [0.5, 0.6) is 0 Å². The average Bonchev–Trinajstić information content (AvgIpc) is 3.68. The molecule has 0 aliphatic carbocycles. The Labute approximate surface area is 539 Å². The molecular weight excluding hydrogens is 1110 g/mol. The molecule has 0 aliphatic heterocycles. The van der Waals surface area contributed by atoms with Gasteiger partial charge in [0.2, 0.25) is 0 Å². The van der Waals surface area contributed by atoms with Crippen LogP contribution >= 0.6 is 7.82 Å². The summed E-state index contributed by atoms with van der Waals surface area (Å²) in [5, 5.41) is 0. The number of allylic oxidation sites excluding steroid dienone is 32. The van der Waals surface area contributed by atoms with Crippen molar-refractivity contribution >= 4 is 19.8 Å². The number of phosphoric acid groups is 1. The van der Waals surface area contributed by atoms with E-state index >= 15 is 0 Å². The zero-order valence-corrected chi connectivity index (χ0v) is 57.0. The first-order valence-electron chi connectivity index (χ1n) is 34.2. The Hall–Kier alpha value is -5.15. The lowest BCUT2D eigenvalue weighted by molar-refractivity contribution is -0.870. The number of hydrogen-bond donors (Lipinski definition) is 1. The second-order valence-electron chi connectivity index (χ2n) is 23.1. The Morgan fingerprint density at radius 3 is 0.920 bits per heavy atom. The van der Waals surface area contributed by atoms with Crippen LogP contribution in [-0.4, -0.2) is 74.9 Å². The third-order valence-electron chi connectivity index (χ3n) is 13.6. The Balaban J connectivity index is 4.22. The maximum atomic E-state index is 12.9. The molecule has 2 atom stereocenters. The van der Waals surface area contributed by atoms with Crippen LogP contribution in [0.1, 0.15) is 232 Å². The number of phosphoric ester groups is 1. The minimum atomic E-state index is -4.42. The molecule has 0 aromatic rings. The van der Waals surface area contributed by atoms with E-state index in [9.17, 15) is 19.0 Å². The van der Waals surface area contributed by atoms with E-state index in [4.69, 9.17) is 18.5 Å². The van der Waals surface area contributed by atoms with Crippen molar-refractivity contribution < 1.29 is 42.1 Å². The van der Waals surface area contributed by atoms with Gasteiger partial charge in [0.15, 0.2) is 6.10 Å². The Morgan fingerprint density at radius 1 is 0.352 bits per heavy atom. The predicted molar refractivity (Wildman–Crippen MR) is 380 cm³/mol. The molecule has 0 radical (unpaired) electrons. The van der Waals surface area contributed by atoms with Crippen LogP contribution < -0.4 is 0 Å². The van der Waals surface area contributed by atoms with Gasteiger partial charge >= 0.3 is 19.8 Å². The molecule has 0 rings (SSSR count). The maximum Gasteiger partial charge on any atom is 0.472 e. The number of esters is 2. The van der Waals surface area contributed by atoms with Gasteiger partial charge < -0.3 is 18.9 Å². The minimum absolute atomic E-state index is 0.0132. The average molecular weight is 1240 g/mol. The molecule has 0 heterocycles. The van der Waals surface area contributed by atoms with E-state index in [1.165, 1.54) is 44.9 Å². The van der Waals surface area contributed by atoms with E-state index in [1.807, 2.05) is 21.1 Å². The summed E-state index contributed by atoms with van der Waals surface area (Å²) in [4.78, 5) is 35.9. The third kappa shape index (κ3) is 69.9. The molecule has 0 aromatic heterocycles. The molecule has 9 nitrogen and oxygen atoms in total. The maximum absolute atomic E-state index is 12.9. The van der Waals surface area contributed by atoms with E-state index in [0.29, 0.717) is 17.4 Å². The summed E-state index contributed by atoms with van der Waals surface area (Å²) in [7, 11) is 1.42. The highest BCUT2D eigenvalue weighted by atomic mass is 31.2. The summed E-state index contributed by atoms with van der Waals surface area (Å²) in [6.07, 6.45) is 104. The number of quaternary nitrogens is 1. The second kappa shape index (κ2) is 66.3. The van der Waals surface area contributed by atoms with Crippen molar-refractivity contribution in [2.45, 2.75) is 238 Å². The fraction of sp³-hybridized carbons (Fsp3) is 0.564. The number of nitrogens with zero attached hydrogens (tertiary/aromatic N) is 1. The molecule has 0 fully saturated rings. The summed E-state index contributed by atoms with van der Waals surface area (Å²) in [5.74, 6) is -0.854. The van der Waals surface area contributed by atoms with Gasteiger partial charge in [-0.15, -0.1) is 0 Å². The fourth-order valence-electron chi connectivity index (χ4n) is 8.46. The molecule has 10 heteroatoms. The lowest BCUT2D eigenvalue weighted by atomic mass is 10.0. The topological polar surface area (TPSA) is 108 Å². The third-order valence-corrected chi connectivity index (χ3v) is 14.6. The number of likely N-dealkylation sites (N-methyl/N-ethyl adjacent to an activating group) is 1. The van der Waals surface area contributed by atoms with Crippen LogP contribution in [0.25, 0.3) is 0 Å². The summed E-state index contributed by atoms with van der Waals surface area (Å²) in [6, 6.07) is 0. The SMILES string of the molecule is CC/C=C\C/C=C\C/C=C\C/C=C\C/C=C\C/C=C\C/C=C\C/C=C\C/C=C\CCCCCC(=O)OC(COC(=O)CCCCCCCCCCCCC/C=C\C/C=C\C/C=C\C/C=C\C/C=C\C/C=C\C/C=C\CC)COP(=O)(O)OCC[N+](C)(C)C. The molecule has 0 saturated carbocycles. The van der Waals surface area contributed by atoms with Gasteiger partial charge in [-0.3, -0.25) is 18.6 Å². The van der Waals surface area contributed by atoms with Crippen molar-refractivity contribution in [2.75, 3.05) is 47.5 Å². The number of rotatable bonds is 60. The van der Waals surface area contributed by atoms with Crippen molar-refractivity contribution in [3.63, 3.8) is 0 Å². The smallest absolute Gasteiger partial charge is 0.462 e. The van der Waals surface area contributed by atoms with Crippen LogP contribution in [0, 0.1) is 0 Å². The highest BCUT2D eigenvalue weighted by Crippen LogP contribution is 2.43. The Bertz CT molecular complexity index is 2190. The molecule has 0 bridgehead atoms. The number of hydrogen-bond acceptors (Lipinski definition) is 7. The highest BCUT2D eigenvalue weighted by Gasteiger charge is 2.27. The van der Waals surface area contributed by atoms with Crippen molar-refractivity contribution in [1.29, 1.82) is 0 Å². The molecule has 2 unspecified atom stereocenters. The van der Waals surface area contributed by atoms with E-state index in [-0.39, 0.29) is 32.0 Å². The van der Waals surface area contributed by atoms with Gasteiger partial charge in [0, 0.05) is 12.8 Å². The quantitative estimate of drug-likeness (QED) is 0.0211. The standard InChI is InChI=1S/C78H124NO8P/c1-6-8-10-12-14-16-18-20-22-24-26-28-30-32-34-36-38-39-41-42-44-46-48-50-52-54-56-58-60-62-64-66-68-70-77(80)84-74-76(75-86-88(82,83)85-73-72-79(3,4)5)87-78(81)71-69-67-65-63-61-59-57-55-53-51-49-47-45-43-40-37-35-33-31-29-27-25-23-21-19-17-15-13-11-9-7-2/h8-11,14-17,20-23,26-29,32-35,38-40,42-44,47,49,53,55,59,61,76H,6-7,12-13,18-19,24-25,30-31,36-37,41,45-46,48,50-52,54,56-58,60,62-75H2,1-5H3/p+1/b10-8-,11-9-,16-14-,17-15-,22-20-,23-21-,28-26-,29-27-,34-32-,35-33-,39-38-,43-40-,44-42-,49-47-,55-53-,61-59-. The zero-order chi connectivity index (χ0) is 64.1. The normalized spacial score (nSPS) is 14.4. The van der Waals surface area contributed by atoms with Gasteiger partial charge in [0.1, 0.15) is 19.8 Å². The highest BCUT2D eigenvalue weighted by molar-refractivity contribution is 7.47. The van der Waals surface area contributed by atoms with Crippen LogP contribution in [0.2, 0.25) is 0 Å². The van der Waals surface area contributed by atoms with Crippen LogP contribution in [0.15, 0.2) is 194 Å². The van der Waals surface area contributed by atoms with E-state index < -0.39 is 26.5 Å². The lowest BCUT2D eigenvalue weighted by Crippen LogP contribution is -2.37. The van der Waals surface area contributed by atoms with Crippen molar-refractivity contribution in [3.05, 3.63) is 194 Å². The fourth-order valence-corrected chi connectivity index (χ4v) is 9.20. The van der Waals surface area contributed by atoms with Gasteiger partial charge in [-0.25, -0.2) is 4.57 Å².